The first-order chi connectivity index (χ1) is 7.69. The Balaban J connectivity index is 2.57. The lowest BCUT2D eigenvalue weighted by Gasteiger charge is -2.24. The molecular weight excluding hydrogens is 360 g/mol. The summed E-state index contributed by atoms with van der Waals surface area (Å²) < 4.78 is 1.26. The fraction of sp³-hybridized carbons (Fsp3) is 0.714. The highest BCUT2D eigenvalue weighted by Gasteiger charge is 2.20. The van der Waals surface area contributed by atoms with E-state index < -0.39 is 0 Å². The van der Waals surface area contributed by atoms with Gasteiger partial charge < -0.3 is 0 Å². The van der Waals surface area contributed by atoms with E-state index in [-0.39, 0.29) is 0 Å². The van der Waals surface area contributed by atoms with Crippen LogP contribution in [0.1, 0.15) is 55.8 Å². The molecule has 0 saturated carbocycles. The second-order valence-electron chi connectivity index (χ2n) is 6.18. The fourth-order valence-electron chi connectivity index (χ4n) is 2.24. The highest BCUT2D eigenvalue weighted by atomic mass is 79.9. The molecule has 0 nitrogen and oxygen atoms in total. The van der Waals surface area contributed by atoms with Crippen LogP contribution in [0, 0.1) is 18.3 Å². The minimum atomic E-state index is 0.429. The zero-order valence-electron chi connectivity index (χ0n) is 11.3. The second kappa shape index (κ2) is 6.21. The van der Waals surface area contributed by atoms with Crippen LogP contribution in [0.3, 0.4) is 0 Å². The molecule has 0 bridgehead atoms. The van der Waals surface area contributed by atoms with Crippen LogP contribution in [0.2, 0.25) is 0 Å². The first-order valence-corrected chi connectivity index (χ1v) is 8.61. The van der Waals surface area contributed by atoms with Crippen molar-refractivity contribution in [2.24, 2.45) is 11.3 Å². The molecule has 0 aliphatic heterocycles. The van der Waals surface area contributed by atoms with Gasteiger partial charge in [-0.3, -0.25) is 0 Å². The van der Waals surface area contributed by atoms with Crippen LogP contribution in [0.4, 0.5) is 0 Å². The summed E-state index contributed by atoms with van der Waals surface area (Å²) in [5, 5.41) is 0. The second-order valence-corrected chi connectivity index (χ2v) is 9.69. The lowest BCUT2D eigenvalue weighted by molar-refractivity contribution is 0.297. The predicted octanol–water partition coefficient (Wildman–Crippen LogP) is 6.72. The average Bonchev–Trinajstić information content (AvgIpc) is 2.43. The Bertz CT molecular complexity index is 343. The first kappa shape index (κ1) is 15.7. The smallest absolute Gasteiger partial charge is 0.0730 e. The van der Waals surface area contributed by atoms with Crippen LogP contribution in [0.5, 0.6) is 0 Å². The van der Waals surface area contributed by atoms with Crippen molar-refractivity contribution in [1.29, 1.82) is 0 Å². The van der Waals surface area contributed by atoms with E-state index in [4.69, 9.17) is 0 Å². The number of hydrogen-bond donors (Lipinski definition) is 0. The molecule has 3 heteroatoms. The maximum atomic E-state index is 3.83. The van der Waals surface area contributed by atoms with Crippen molar-refractivity contribution in [1.82, 2.24) is 0 Å². The normalized spacial score (nSPS) is 15.9. The van der Waals surface area contributed by atoms with Gasteiger partial charge in [-0.1, -0.05) is 43.6 Å². The lowest BCUT2D eigenvalue weighted by Crippen LogP contribution is -2.12. The molecule has 17 heavy (non-hydrogen) atoms. The maximum Gasteiger partial charge on any atom is 0.0730 e. The summed E-state index contributed by atoms with van der Waals surface area (Å²) in [7, 11) is 0. The van der Waals surface area contributed by atoms with Crippen molar-refractivity contribution in [3.63, 3.8) is 0 Å². The molecule has 0 saturated heterocycles. The minimum Gasteiger partial charge on any atom is -0.132 e. The summed E-state index contributed by atoms with van der Waals surface area (Å²) >= 11 is 9.28. The van der Waals surface area contributed by atoms with Crippen LogP contribution in [-0.2, 0) is 0 Å². The number of rotatable bonds is 4. The van der Waals surface area contributed by atoms with Gasteiger partial charge in [0.05, 0.1) is 3.79 Å². The number of hydrogen-bond acceptors (Lipinski definition) is 1. The minimum absolute atomic E-state index is 0.429. The zero-order valence-corrected chi connectivity index (χ0v) is 15.3. The Morgan fingerprint density at radius 2 is 1.94 bits per heavy atom. The molecule has 0 aromatic carbocycles. The Morgan fingerprint density at radius 1 is 1.35 bits per heavy atom. The van der Waals surface area contributed by atoms with Gasteiger partial charge in [-0.2, -0.15) is 0 Å². The van der Waals surface area contributed by atoms with Crippen LogP contribution in [0.25, 0.3) is 0 Å². The molecule has 2 unspecified atom stereocenters. The lowest BCUT2D eigenvalue weighted by atomic mass is 9.83. The zero-order chi connectivity index (χ0) is 13.2. The van der Waals surface area contributed by atoms with E-state index in [9.17, 15) is 0 Å². The topological polar surface area (TPSA) is 0 Å². The third kappa shape index (κ3) is 5.44. The van der Waals surface area contributed by atoms with Crippen LogP contribution < -0.4 is 0 Å². The quantitative estimate of drug-likeness (QED) is 0.508. The summed E-state index contributed by atoms with van der Waals surface area (Å²) in [6, 6.07) is 2.29. The van der Waals surface area contributed by atoms with Gasteiger partial charge in [0, 0.05) is 9.70 Å². The largest absolute Gasteiger partial charge is 0.132 e. The van der Waals surface area contributed by atoms with Crippen molar-refractivity contribution >= 4 is 43.2 Å². The number of thiophene rings is 1. The van der Waals surface area contributed by atoms with Gasteiger partial charge in [0.25, 0.3) is 0 Å². The molecule has 1 aromatic rings. The molecule has 0 N–H and O–H groups in total. The Labute approximate surface area is 126 Å². The molecule has 1 aromatic heterocycles. The van der Waals surface area contributed by atoms with E-state index in [1.165, 1.54) is 27.1 Å². The highest BCUT2D eigenvalue weighted by Crippen LogP contribution is 2.40. The van der Waals surface area contributed by atoms with Gasteiger partial charge in [0.1, 0.15) is 0 Å². The van der Waals surface area contributed by atoms with E-state index in [1.54, 1.807) is 0 Å². The molecule has 0 fully saturated rings. The summed E-state index contributed by atoms with van der Waals surface area (Å²) in [5.41, 5.74) is 1.77. The summed E-state index contributed by atoms with van der Waals surface area (Å²) in [5.74, 6) is 0.751. The van der Waals surface area contributed by atoms with Crippen molar-refractivity contribution in [2.45, 2.75) is 52.3 Å². The Morgan fingerprint density at radius 3 is 2.35 bits per heavy atom. The molecule has 0 radical (unpaired) electrons. The monoisotopic (exact) mass is 380 g/mol. The fourth-order valence-corrected chi connectivity index (χ4v) is 4.85. The number of halogens is 2. The molecule has 98 valence electrons. The van der Waals surface area contributed by atoms with Crippen molar-refractivity contribution < 1.29 is 0 Å². The van der Waals surface area contributed by atoms with Crippen molar-refractivity contribution in [3.8, 4) is 0 Å². The van der Waals surface area contributed by atoms with Crippen LogP contribution >= 0.6 is 43.2 Å². The van der Waals surface area contributed by atoms with Gasteiger partial charge in [0.2, 0.25) is 0 Å². The van der Waals surface area contributed by atoms with E-state index in [2.05, 4.69) is 72.5 Å². The van der Waals surface area contributed by atoms with Gasteiger partial charge in [-0.05, 0) is 58.7 Å². The maximum absolute atomic E-state index is 3.83. The molecule has 0 amide bonds. The number of alkyl halides is 1. The molecule has 0 aliphatic rings. The molecule has 2 atom stereocenters. The van der Waals surface area contributed by atoms with E-state index in [1.807, 2.05) is 11.3 Å². The third-order valence-corrected chi connectivity index (χ3v) is 6.18. The standard InChI is InChI=1S/C14H22Br2S/c1-9(8-14(3,4)5)6-11(15)12-7-10(2)13(16)17-12/h7,9,11H,6,8H2,1-5H3. The average molecular weight is 382 g/mol. The summed E-state index contributed by atoms with van der Waals surface area (Å²) in [4.78, 5) is 1.94. The molecule has 1 rings (SSSR count). The molecule has 0 spiro atoms. The van der Waals surface area contributed by atoms with Gasteiger partial charge in [-0.15, -0.1) is 11.3 Å². The van der Waals surface area contributed by atoms with Crippen LogP contribution in [0.15, 0.2) is 9.85 Å². The van der Waals surface area contributed by atoms with Crippen LogP contribution in [-0.4, -0.2) is 0 Å². The number of aryl methyl sites for hydroxylation is 1. The molecular formula is C14H22Br2S. The van der Waals surface area contributed by atoms with Gasteiger partial charge in [0.15, 0.2) is 0 Å². The summed E-state index contributed by atoms with van der Waals surface area (Å²) in [6.07, 6.45) is 2.49. The van der Waals surface area contributed by atoms with Crippen molar-refractivity contribution in [3.05, 3.63) is 20.3 Å². The highest BCUT2D eigenvalue weighted by molar-refractivity contribution is 9.11. The summed E-state index contributed by atoms with van der Waals surface area (Å²) in [6.45, 7) is 11.5. The van der Waals surface area contributed by atoms with E-state index in [0.29, 0.717) is 10.2 Å². The van der Waals surface area contributed by atoms with Crippen molar-refractivity contribution in [2.75, 3.05) is 0 Å². The first-order valence-electron chi connectivity index (χ1n) is 6.09. The third-order valence-electron chi connectivity index (χ3n) is 2.76. The predicted molar refractivity (Wildman–Crippen MR) is 86.3 cm³/mol. The SMILES string of the molecule is Cc1cc(C(Br)CC(C)CC(C)(C)C)sc1Br. The van der Waals surface area contributed by atoms with Gasteiger partial charge >= 0.3 is 0 Å². The van der Waals surface area contributed by atoms with Gasteiger partial charge in [-0.25, -0.2) is 0 Å². The molecule has 1 heterocycles. The van der Waals surface area contributed by atoms with E-state index >= 15 is 0 Å². The van der Waals surface area contributed by atoms with E-state index in [0.717, 1.165) is 5.92 Å². The Kier molecular flexibility index (Phi) is 5.74. The molecule has 0 aliphatic carbocycles. The Hall–Kier alpha value is 0.660.